The minimum absolute atomic E-state index is 0.542. The molecule has 3 atom stereocenters. The summed E-state index contributed by atoms with van der Waals surface area (Å²) < 4.78 is 0. The highest BCUT2D eigenvalue weighted by molar-refractivity contribution is 7.99. The van der Waals surface area contributed by atoms with Gasteiger partial charge < -0.3 is 5.73 Å². The summed E-state index contributed by atoms with van der Waals surface area (Å²) in [6.45, 7) is 0. The molecule has 1 aliphatic carbocycles. The molecule has 0 amide bonds. The summed E-state index contributed by atoms with van der Waals surface area (Å²) in [5.74, 6) is 4.76. The molecule has 2 heteroatoms. The van der Waals surface area contributed by atoms with E-state index in [1.165, 1.54) is 24.3 Å². The van der Waals surface area contributed by atoms with Crippen LogP contribution >= 0.6 is 11.8 Å². The van der Waals surface area contributed by atoms with Crippen molar-refractivity contribution in [3.8, 4) is 0 Å². The molecular formula is C7H13NS. The highest BCUT2D eigenvalue weighted by atomic mass is 32.2. The van der Waals surface area contributed by atoms with Crippen molar-refractivity contribution in [2.24, 2.45) is 17.6 Å². The van der Waals surface area contributed by atoms with Crippen LogP contribution < -0.4 is 5.73 Å². The molecule has 2 fully saturated rings. The summed E-state index contributed by atoms with van der Waals surface area (Å²) in [4.78, 5) is 0. The monoisotopic (exact) mass is 143 g/mol. The molecule has 0 bridgehead atoms. The van der Waals surface area contributed by atoms with E-state index in [-0.39, 0.29) is 0 Å². The Hall–Kier alpha value is 0.310. The number of rotatable bonds is 0. The lowest BCUT2D eigenvalue weighted by atomic mass is 10.0. The van der Waals surface area contributed by atoms with Crippen LogP contribution in [0.4, 0.5) is 0 Å². The van der Waals surface area contributed by atoms with Crippen LogP contribution in [0, 0.1) is 11.8 Å². The first kappa shape index (κ1) is 6.05. The Bertz CT molecular complexity index is 103. The zero-order valence-electron chi connectivity index (χ0n) is 5.55. The Morgan fingerprint density at radius 3 is 2.22 bits per heavy atom. The van der Waals surface area contributed by atoms with Crippen molar-refractivity contribution in [2.45, 2.75) is 18.9 Å². The molecule has 0 radical (unpaired) electrons. The van der Waals surface area contributed by atoms with Gasteiger partial charge in [-0.2, -0.15) is 11.8 Å². The third-order valence-electron chi connectivity index (χ3n) is 2.54. The van der Waals surface area contributed by atoms with Gasteiger partial charge in [-0.3, -0.25) is 0 Å². The summed E-state index contributed by atoms with van der Waals surface area (Å²) in [5, 5.41) is 0. The first-order chi connectivity index (χ1) is 4.36. The molecule has 52 valence electrons. The van der Waals surface area contributed by atoms with Crippen molar-refractivity contribution in [3.63, 3.8) is 0 Å². The molecule has 1 saturated heterocycles. The van der Waals surface area contributed by atoms with Gasteiger partial charge in [-0.25, -0.2) is 0 Å². The van der Waals surface area contributed by atoms with Gasteiger partial charge in [-0.05, 0) is 36.2 Å². The molecule has 1 aliphatic heterocycles. The second-order valence-corrected chi connectivity index (χ2v) is 4.36. The van der Waals surface area contributed by atoms with Gasteiger partial charge in [0, 0.05) is 6.04 Å². The summed E-state index contributed by atoms with van der Waals surface area (Å²) in [5.41, 5.74) is 5.82. The van der Waals surface area contributed by atoms with Gasteiger partial charge in [-0.1, -0.05) is 0 Å². The summed E-state index contributed by atoms with van der Waals surface area (Å²) in [6, 6.07) is 0.542. The van der Waals surface area contributed by atoms with Crippen molar-refractivity contribution in [1.82, 2.24) is 0 Å². The van der Waals surface area contributed by atoms with E-state index in [1.807, 2.05) is 0 Å². The maximum Gasteiger partial charge on any atom is 0.00449 e. The third-order valence-corrected chi connectivity index (χ3v) is 3.87. The van der Waals surface area contributed by atoms with Gasteiger partial charge in [0.2, 0.25) is 0 Å². The molecule has 1 saturated carbocycles. The molecule has 2 rings (SSSR count). The first-order valence-electron chi connectivity index (χ1n) is 3.69. The van der Waals surface area contributed by atoms with E-state index >= 15 is 0 Å². The van der Waals surface area contributed by atoms with Crippen molar-refractivity contribution >= 4 is 11.8 Å². The average molecular weight is 143 g/mol. The molecular weight excluding hydrogens is 130 g/mol. The van der Waals surface area contributed by atoms with E-state index in [9.17, 15) is 0 Å². The predicted octanol–water partition coefficient (Wildman–Crippen LogP) is 1.09. The van der Waals surface area contributed by atoms with E-state index in [0.717, 1.165) is 11.8 Å². The van der Waals surface area contributed by atoms with Crippen LogP contribution in [0.3, 0.4) is 0 Å². The fraction of sp³-hybridized carbons (Fsp3) is 1.00. The predicted molar refractivity (Wildman–Crippen MR) is 41.5 cm³/mol. The zero-order valence-corrected chi connectivity index (χ0v) is 6.36. The van der Waals surface area contributed by atoms with E-state index in [4.69, 9.17) is 5.73 Å². The van der Waals surface area contributed by atoms with Gasteiger partial charge in [-0.15, -0.1) is 0 Å². The van der Waals surface area contributed by atoms with Crippen LogP contribution in [-0.4, -0.2) is 17.5 Å². The van der Waals surface area contributed by atoms with E-state index in [2.05, 4.69) is 11.8 Å². The first-order valence-corrected chi connectivity index (χ1v) is 4.85. The van der Waals surface area contributed by atoms with Crippen LogP contribution in [0.15, 0.2) is 0 Å². The summed E-state index contributed by atoms with van der Waals surface area (Å²) in [7, 11) is 0. The van der Waals surface area contributed by atoms with Crippen molar-refractivity contribution in [1.29, 1.82) is 0 Å². The second kappa shape index (κ2) is 2.17. The SMILES string of the molecule is NC1C[C@H]2CSC[C@H]2C1. The van der Waals surface area contributed by atoms with Gasteiger partial charge in [0.1, 0.15) is 0 Å². The molecule has 0 aromatic heterocycles. The molecule has 1 unspecified atom stereocenters. The van der Waals surface area contributed by atoms with Gasteiger partial charge >= 0.3 is 0 Å². The topological polar surface area (TPSA) is 26.0 Å². The highest BCUT2D eigenvalue weighted by Crippen LogP contribution is 2.41. The zero-order chi connectivity index (χ0) is 6.27. The molecule has 9 heavy (non-hydrogen) atoms. The van der Waals surface area contributed by atoms with E-state index < -0.39 is 0 Å². The highest BCUT2D eigenvalue weighted by Gasteiger charge is 2.35. The number of hydrogen-bond donors (Lipinski definition) is 1. The standard InChI is InChI=1S/C7H13NS/c8-7-1-5-3-9-4-6(5)2-7/h5-7H,1-4,8H2/t5-,6+,7?. The Labute approximate surface area is 60.4 Å². The minimum Gasteiger partial charge on any atom is -0.328 e. The number of hydrogen-bond acceptors (Lipinski definition) is 2. The summed E-state index contributed by atoms with van der Waals surface area (Å²) in [6.07, 6.45) is 2.61. The lowest BCUT2D eigenvalue weighted by Crippen LogP contribution is -2.15. The fourth-order valence-corrected chi connectivity index (χ4v) is 3.60. The Kier molecular flexibility index (Phi) is 1.46. The van der Waals surface area contributed by atoms with E-state index in [0.29, 0.717) is 6.04 Å². The quantitative estimate of drug-likeness (QED) is 0.549. The van der Waals surface area contributed by atoms with Gasteiger partial charge in [0.15, 0.2) is 0 Å². The van der Waals surface area contributed by atoms with Crippen LogP contribution in [0.5, 0.6) is 0 Å². The van der Waals surface area contributed by atoms with Crippen molar-refractivity contribution < 1.29 is 0 Å². The molecule has 0 spiro atoms. The number of thioether (sulfide) groups is 1. The van der Waals surface area contributed by atoms with Crippen LogP contribution in [-0.2, 0) is 0 Å². The molecule has 0 aromatic rings. The molecule has 2 N–H and O–H groups in total. The summed E-state index contributed by atoms with van der Waals surface area (Å²) >= 11 is 2.11. The number of nitrogens with two attached hydrogens (primary N) is 1. The van der Waals surface area contributed by atoms with Gasteiger partial charge in [0.25, 0.3) is 0 Å². The normalized spacial score (nSPS) is 49.7. The minimum atomic E-state index is 0.542. The average Bonchev–Trinajstić information content (AvgIpc) is 2.22. The Balaban J connectivity index is 2.02. The molecule has 2 aliphatic rings. The maximum absolute atomic E-state index is 5.82. The number of fused-ring (bicyclic) bond motifs is 1. The Morgan fingerprint density at radius 1 is 1.11 bits per heavy atom. The van der Waals surface area contributed by atoms with Crippen LogP contribution in [0.2, 0.25) is 0 Å². The fourth-order valence-electron chi connectivity index (χ4n) is 2.04. The molecule has 0 aromatic carbocycles. The van der Waals surface area contributed by atoms with Crippen molar-refractivity contribution in [2.75, 3.05) is 11.5 Å². The smallest absolute Gasteiger partial charge is 0.00449 e. The lowest BCUT2D eigenvalue weighted by molar-refractivity contribution is 0.494. The lowest BCUT2D eigenvalue weighted by Gasteiger charge is -2.02. The second-order valence-electron chi connectivity index (χ2n) is 3.29. The third kappa shape index (κ3) is 0.987. The van der Waals surface area contributed by atoms with Crippen LogP contribution in [0.1, 0.15) is 12.8 Å². The van der Waals surface area contributed by atoms with Gasteiger partial charge in [0.05, 0.1) is 0 Å². The van der Waals surface area contributed by atoms with E-state index in [1.54, 1.807) is 0 Å². The Morgan fingerprint density at radius 2 is 1.67 bits per heavy atom. The molecule has 1 nitrogen and oxygen atoms in total. The molecule has 1 heterocycles. The maximum atomic E-state index is 5.82. The van der Waals surface area contributed by atoms with Crippen LogP contribution in [0.25, 0.3) is 0 Å². The van der Waals surface area contributed by atoms with Crippen molar-refractivity contribution in [3.05, 3.63) is 0 Å². The largest absolute Gasteiger partial charge is 0.328 e.